The summed E-state index contributed by atoms with van der Waals surface area (Å²) < 4.78 is 0. The normalized spacial score (nSPS) is 18.8. The molecule has 0 N–H and O–H groups in total. The van der Waals surface area contributed by atoms with Crippen molar-refractivity contribution in [2.75, 3.05) is 25.8 Å². The maximum atomic E-state index is 2.70. The van der Waals surface area contributed by atoms with Crippen LogP contribution in [0.3, 0.4) is 0 Å². The van der Waals surface area contributed by atoms with E-state index in [4.69, 9.17) is 0 Å². The molecule has 4 aromatic rings. The molecule has 0 radical (unpaired) electrons. The minimum Gasteiger partial charge on any atom is -0.302 e. The van der Waals surface area contributed by atoms with Crippen molar-refractivity contribution in [2.45, 2.75) is 11.8 Å². The van der Waals surface area contributed by atoms with Crippen LogP contribution >= 0.6 is 7.92 Å². The molecule has 0 unspecified atom stereocenters. The van der Waals surface area contributed by atoms with Crippen LogP contribution in [0.25, 0.3) is 0 Å². The van der Waals surface area contributed by atoms with E-state index in [0.717, 1.165) is 19.6 Å². The second kappa shape index (κ2) is 10.3. The van der Waals surface area contributed by atoms with Gasteiger partial charge in [0.25, 0.3) is 0 Å². The summed E-state index contributed by atoms with van der Waals surface area (Å²) in [7, 11) is -0.346. The molecule has 2 heteroatoms. The highest BCUT2D eigenvalue weighted by Crippen LogP contribution is 2.41. The smallest absolute Gasteiger partial charge is 0.00570 e. The molecule has 1 heterocycles. The Bertz CT molecular complexity index is 996. The van der Waals surface area contributed by atoms with Crippen LogP contribution in [0, 0.1) is 0 Å². The quantitative estimate of drug-likeness (QED) is 0.322. The first kappa shape index (κ1) is 21.1. The molecule has 2 atom stereocenters. The molecule has 0 saturated carbocycles. The van der Waals surface area contributed by atoms with E-state index in [2.05, 4.69) is 126 Å². The lowest BCUT2D eigenvalue weighted by Crippen LogP contribution is -2.27. The molecule has 1 fully saturated rings. The minimum atomic E-state index is -0.346. The zero-order valence-corrected chi connectivity index (χ0v) is 19.3. The average molecular weight is 436 g/mol. The van der Waals surface area contributed by atoms with Crippen molar-refractivity contribution in [3.05, 3.63) is 132 Å². The fraction of sp³-hybridized carbons (Fsp3) is 0.200. The first-order chi connectivity index (χ1) is 15.9. The second-order valence-electron chi connectivity index (χ2n) is 8.62. The van der Waals surface area contributed by atoms with Gasteiger partial charge in [-0.25, -0.2) is 0 Å². The van der Waals surface area contributed by atoms with E-state index in [1.54, 1.807) is 0 Å². The second-order valence-corrected chi connectivity index (χ2v) is 11.0. The van der Waals surface area contributed by atoms with E-state index in [0.29, 0.717) is 11.8 Å². The number of hydrogen-bond acceptors (Lipinski definition) is 1. The molecule has 1 aliphatic rings. The number of rotatable bonds is 7. The summed E-state index contributed by atoms with van der Waals surface area (Å²) in [6.45, 7) is 3.41. The summed E-state index contributed by atoms with van der Waals surface area (Å²) in [5.74, 6) is 1.11. The molecule has 1 saturated heterocycles. The molecule has 1 nitrogen and oxygen atoms in total. The fourth-order valence-corrected chi connectivity index (χ4v) is 7.37. The number of likely N-dealkylation sites (tertiary alicyclic amines) is 1. The van der Waals surface area contributed by atoms with Crippen LogP contribution in [-0.4, -0.2) is 30.7 Å². The van der Waals surface area contributed by atoms with Crippen LogP contribution in [0.1, 0.15) is 23.0 Å². The Balaban J connectivity index is 1.36. The van der Waals surface area contributed by atoms with Crippen LogP contribution < -0.4 is 10.6 Å². The van der Waals surface area contributed by atoms with E-state index < -0.39 is 0 Å². The Kier molecular flexibility index (Phi) is 6.77. The van der Waals surface area contributed by atoms with E-state index in [9.17, 15) is 0 Å². The van der Waals surface area contributed by atoms with Gasteiger partial charge >= 0.3 is 0 Å². The first-order valence-corrected chi connectivity index (χ1v) is 13.1. The van der Waals surface area contributed by atoms with E-state index in [1.165, 1.54) is 27.9 Å². The fourth-order valence-electron chi connectivity index (χ4n) is 5.01. The lowest BCUT2D eigenvalue weighted by molar-refractivity contribution is 0.353. The van der Waals surface area contributed by atoms with Crippen LogP contribution in [-0.2, 0) is 0 Å². The monoisotopic (exact) mass is 435 g/mol. The molecule has 0 aromatic heterocycles. The number of nitrogens with zero attached hydrogens (tertiary/aromatic N) is 1. The zero-order valence-electron chi connectivity index (χ0n) is 18.4. The molecule has 0 spiro atoms. The van der Waals surface area contributed by atoms with Crippen molar-refractivity contribution in [1.82, 2.24) is 4.90 Å². The van der Waals surface area contributed by atoms with Gasteiger partial charge in [0.1, 0.15) is 0 Å². The minimum absolute atomic E-state index is 0.346. The maximum Gasteiger partial charge on any atom is 0.00570 e. The standard InChI is InChI=1S/C30H30NP/c1-5-13-25(14-6-1)29-23-31(24-30(29)26-15-7-2-8-16-26)21-22-32(27-17-9-3-10-18-27)28-19-11-4-12-20-28/h1-20,29-30H,21-24H2/t29-,30-/m0/s1. The van der Waals surface area contributed by atoms with Gasteiger partial charge in [-0.3, -0.25) is 0 Å². The van der Waals surface area contributed by atoms with Crippen molar-refractivity contribution >= 4 is 18.5 Å². The van der Waals surface area contributed by atoms with Crippen LogP contribution in [0.2, 0.25) is 0 Å². The summed E-state index contributed by atoms with van der Waals surface area (Å²) in [6, 6.07) is 44.4. The Labute approximate surface area is 193 Å². The molecule has 1 aliphatic heterocycles. The molecule has 0 aliphatic carbocycles. The van der Waals surface area contributed by atoms with Gasteiger partial charge in [0, 0.05) is 31.5 Å². The van der Waals surface area contributed by atoms with Crippen molar-refractivity contribution < 1.29 is 0 Å². The molecule has 32 heavy (non-hydrogen) atoms. The molecular formula is C30H30NP. The van der Waals surface area contributed by atoms with Gasteiger partial charge < -0.3 is 4.90 Å². The van der Waals surface area contributed by atoms with Gasteiger partial charge in [0.2, 0.25) is 0 Å². The van der Waals surface area contributed by atoms with Crippen molar-refractivity contribution in [1.29, 1.82) is 0 Å². The Morgan fingerprint density at radius 3 is 1.31 bits per heavy atom. The van der Waals surface area contributed by atoms with Crippen LogP contribution in [0.15, 0.2) is 121 Å². The third-order valence-corrected chi connectivity index (χ3v) is 9.12. The van der Waals surface area contributed by atoms with Gasteiger partial charge in [-0.05, 0) is 35.8 Å². The summed E-state index contributed by atoms with van der Waals surface area (Å²) >= 11 is 0. The Morgan fingerprint density at radius 1 is 0.531 bits per heavy atom. The zero-order chi connectivity index (χ0) is 21.6. The van der Waals surface area contributed by atoms with Crippen molar-refractivity contribution in [3.8, 4) is 0 Å². The average Bonchev–Trinajstić information content (AvgIpc) is 3.31. The van der Waals surface area contributed by atoms with E-state index >= 15 is 0 Å². The summed E-state index contributed by atoms with van der Waals surface area (Å²) in [4.78, 5) is 2.70. The van der Waals surface area contributed by atoms with E-state index in [1.807, 2.05) is 0 Å². The van der Waals surface area contributed by atoms with Gasteiger partial charge in [0.05, 0.1) is 0 Å². The largest absolute Gasteiger partial charge is 0.302 e. The lowest BCUT2D eigenvalue weighted by Gasteiger charge is -2.23. The van der Waals surface area contributed by atoms with Gasteiger partial charge in [-0.15, -0.1) is 0 Å². The van der Waals surface area contributed by atoms with Crippen LogP contribution in [0.4, 0.5) is 0 Å². The third-order valence-electron chi connectivity index (χ3n) is 6.63. The van der Waals surface area contributed by atoms with Crippen molar-refractivity contribution in [2.24, 2.45) is 0 Å². The van der Waals surface area contributed by atoms with Crippen molar-refractivity contribution in [3.63, 3.8) is 0 Å². The topological polar surface area (TPSA) is 3.24 Å². The molecule has 160 valence electrons. The highest BCUT2D eigenvalue weighted by Gasteiger charge is 2.34. The Hall–Kier alpha value is -2.73. The Morgan fingerprint density at radius 2 is 0.906 bits per heavy atom. The molecule has 0 bridgehead atoms. The molecular weight excluding hydrogens is 405 g/mol. The number of benzene rings is 4. The van der Waals surface area contributed by atoms with E-state index in [-0.39, 0.29) is 7.92 Å². The summed E-state index contributed by atoms with van der Waals surface area (Å²) in [6.07, 6.45) is 1.20. The van der Waals surface area contributed by atoms with Gasteiger partial charge in [0.15, 0.2) is 0 Å². The molecule has 5 rings (SSSR count). The maximum absolute atomic E-state index is 2.70. The summed E-state index contributed by atoms with van der Waals surface area (Å²) in [5.41, 5.74) is 2.94. The predicted octanol–water partition coefficient (Wildman–Crippen LogP) is 6.00. The highest BCUT2D eigenvalue weighted by atomic mass is 31.1. The van der Waals surface area contributed by atoms with Crippen LogP contribution in [0.5, 0.6) is 0 Å². The summed E-state index contributed by atoms with van der Waals surface area (Å²) in [5, 5.41) is 2.96. The lowest BCUT2D eigenvalue weighted by atomic mass is 9.84. The SMILES string of the molecule is c1ccc([C@@H]2CN(CCP(c3ccccc3)c3ccccc3)C[C@H]2c2ccccc2)cc1. The van der Waals surface area contributed by atoms with Gasteiger partial charge in [-0.1, -0.05) is 121 Å². The molecule has 0 amide bonds. The number of hydrogen-bond donors (Lipinski definition) is 0. The van der Waals surface area contributed by atoms with Gasteiger partial charge in [-0.2, -0.15) is 0 Å². The predicted molar refractivity (Wildman–Crippen MR) is 139 cm³/mol. The third kappa shape index (κ3) is 4.85. The highest BCUT2D eigenvalue weighted by molar-refractivity contribution is 7.73. The first-order valence-electron chi connectivity index (χ1n) is 11.6. The molecule has 4 aromatic carbocycles.